The third-order valence-electron chi connectivity index (χ3n) is 2.87. The van der Waals surface area contributed by atoms with E-state index in [0.29, 0.717) is 12.5 Å². The Hall–Kier alpha value is -1.16. The first-order valence-electron chi connectivity index (χ1n) is 5.90. The Morgan fingerprint density at radius 1 is 1.38 bits per heavy atom. The lowest BCUT2D eigenvalue weighted by Gasteiger charge is -2.21. The van der Waals surface area contributed by atoms with Gasteiger partial charge < -0.3 is 10.0 Å². The van der Waals surface area contributed by atoms with Crippen molar-refractivity contribution in [1.29, 1.82) is 0 Å². The van der Waals surface area contributed by atoms with Crippen molar-refractivity contribution in [2.75, 3.05) is 24.6 Å². The topological polar surface area (TPSA) is 49.2 Å². The Morgan fingerprint density at radius 3 is 2.69 bits per heavy atom. The molecule has 0 saturated heterocycles. The molecule has 0 aromatic carbocycles. The second kappa shape index (κ2) is 6.43. The van der Waals surface area contributed by atoms with Gasteiger partial charge in [0, 0.05) is 24.8 Å². The molecule has 0 aliphatic rings. The van der Waals surface area contributed by atoms with Crippen LogP contribution in [0.2, 0.25) is 0 Å². The highest BCUT2D eigenvalue weighted by molar-refractivity contribution is 5.39. The van der Waals surface area contributed by atoms with Crippen molar-refractivity contribution in [1.82, 2.24) is 9.97 Å². The molecule has 1 aromatic rings. The van der Waals surface area contributed by atoms with Crippen LogP contribution in [0.3, 0.4) is 0 Å². The first-order chi connectivity index (χ1) is 7.72. The summed E-state index contributed by atoms with van der Waals surface area (Å²) in [6, 6.07) is 2.02. The summed E-state index contributed by atoms with van der Waals surface area (Å²) >= 11 is 0. The number of aliphatic hydroxyl groups is 1. The zero-order chi connectivity index (χ0) is 12.0. The van der Waals surface area contributed by atoms with Crippen LogP contribution in [0.25, 0.3) is 0 Å². The van der Waals surface area contributed by atoms with Crippen LogP contribution in [0.4, 0.5) is 5.82 Å². The number of anilines is 1. The molecule has 0 radical (unpaired) electrons. The molecule has 0 fully saturated rings. The minimum Gasteiger partial charge on any atom is -0.395 e. The van der Waals surface area contributed by atoms with Gasteiger partial charge in [0.2, 0.25) is 0 Å². The van der Waals surface area contributed by atoms with Crippen LogP contribution in [-0.2, 0) is 0 Å². The van der Waals surface area contributed by atoms with Crippen LogP contribution in [0.15, 0.2) is 12.4 Å². The Labute approximate surface area is 97.3 Å². The van der Waals surface area contributed by atoms with Crippen molar-refractivity contribution < 1.29 is 5.11 Å². The van der Waals surface area contributed by atoms with E-state index < -0.39 is 0 Å². The van der Waals surface area contributed by atoms with Gasteiger partial charge in [-0.1, -0.05) is 13.8 Å². The molecular formula is C12H21N3O. The predicted molar refractivity (Wildman–Crippen MR) is 65.7 cm³/mol. The Morgan fingerprint density at radius 2 is 2.12 bits per heavy atom. The molecule has 0 bridgehead atoms. The molecule has 16 heavy (non-hydrogen) atoms. The summed E-state index contributed by atoms with van der Waals surface area (Å²) in [5, 5.41) is 8.97. The molecule has 4 heteroatoms. The van der Waals surface area contributed by atoms with Crippen LogP contribution in [0.1, 0.15) is 38.8 Å². The van der Waals surface area contributed by atoms with Crippen LogP contribution in [0.5, 0.6) is 0 Å². The number of rotatable bonds is 6. The van der Waals surface area contributed by atoms with Crippen LogP contribution in [-0.4, -0.2) is 34.8 Å². The molecule has 0 aliphatic carbocycles. The van der Waals surface area contributed by atoms with Gasteiger partial charge in [-0.15, -0.1) is 0 Å². The summed E-state index contributed by atoms with van der Waals surface area (Å²) < 4.78 is 0. The van der Waals surface area contributed by atoms with Crippen molar-refractivity contribution >= 4 is 5.82 Å². The summed E-state index contributed by atoms with van der Waals surface area (Å²) in [5.74, 6) is 1.36. The largest absolute Gasteiger partial charge is 0.395 e. The van der Waals surface area contributed by atoms with Crippen molar-refractivity contribution in [3.8, 4) is 0 Å². The number of nitrogens with zero attached hydrogens (tertiary/aromatic N) is 3. The maximum Gasteiger partial charge on any atom is 0.132 e. The van der Waals surface area contributed by atoms with Crippen molar-refractivity contribution in [2.45, 2.75) is 33.1 Å². The summed E-state index contributed by atoms with van der Waals surface area (Å²) in [7, 11) is 0. The standard InChI is InChI=1S/C12H21N3O/c1-4-10(3)11-8-12(14-9-13-11)15(5-2)6-7-16/h8-10,16H,4-7H2,1-3H3. The number of likely N-dealkylation sites (N-methyl/N-ethyl adjacent to an activating group) is 1. The molecular weight excluding hydrogens is 202 g/mol. The highest BCUT2D eigenvalue weighted by Crippen LogP contribution is 2.19. The molecule has 1 rings (SSSR count). The minimum atomic E-state index is 0.149. The Balaban J connectivity index is 2.87. The molecule has 0 saturated carbocycles. The van der Waals surface area contributed by atoms with E-state index in [1.807, 2.05) is 11.0 Å². The van der Waals surface area contributed by atoms with Gasteiger partial charge in [0.1, 0.15) is 12.1 Å². The van der Waals surface area contributed by atoms with Crippen LogP contribution >= 0.6 is 0 Å². The summed E-state index contributed by atoms with van der Waals surface area (Å²) in [4.78, 5) is 10.6. The minimum absolute atomic E-state index is 0.149. The molecule has 4 nitrogen and oxygen atoms in total. The van der Waals surface area contributed by atoms with Crippen LogP contribution < -0.4 is 4.90 Å². The fourth-order valence-corrected chi connectivity index (χ4v) is 1.57. The van der Waals surface area contributed by atoms with E-state index in [0.717, 1.165) is 24.5 Å². The second-order valence-electron chi connectivity index (χ2n) is 3.91. The molecule has 1 heterocycles. The van der Waals surface area contributed by atoms with Crippen molar-refractivity contribution in [3.63, 3.8) is 0 Å². The van der Waals surface area contributed by atoms with E-state index in [9.17, 15) is 0 Å². The molecule has 90 valence electrons. The summed E-state index contributed by atoms with van der Waals surface area (Å²) in [6.45, 7) is 7.98. The van der Waals surface area contributed by atoms with E-state index in [1.54, 1.807) is 6.33 Å². The summed E-state index contributed by atoms with van der Waals surface area (Å²) in [5.41, 5.74) is 1.07. The quantitative estimate of drug-likeness (QED) is 0.799. The average molecular weight is 223 g/mol. The summed E-state index contributed by atoms with van der Waals surface area (Å²) in [6.07, 6.45) is 2.68. The molecule has 1 atom stereocenters. The second-order valence-corrected chi connectivity index (χ2v) is 3.91. The Kier molecular flexibility index (Phi) is 5.19. The van der Waals surface area contributed by atoms with E-state index >= 15 is 0 Å². The molecule has 1 unspecified atom stereocenters. The first kappa shape index (κ1) is 12.9. The molecule has 0 aliphatic heterocycles. The SMILES string of the molecule is CCC(C)c1cc(N(CC)CCO)ncn1. The van der Waals surface area contributed by atoms with Gasteiger partial charge in [-0.2, -0.15) is 0 Å². The van der Waals surface area contributed by atoms with Gasteiger partial charge in [0.25, 0.3) is 0 Å². The molecule has 1 aromatic heterocycles. The van der Waals surface area contributed by atoms with E-state index in [-0.39, 0.29) is 6.61 Å². The van der Waals surface area contributed by atoms with Gasteiger partial charge in [0.05, 0.1) is 6.61 Å². The lowest BCUT2D eigenvalue weighted by molar-refractivity contribution is 0.302. The zero-order valence-corrected chi connectivity index (χ0v) is 10.3. The fraction of sp³-hybridized carbons (Fsp3) is 0.667. The number of hydrogen-bond acceptors (Lipinski definition) is 4. The van der Waals surface area contributed by atoms with Gasteiger partial charge >= 0.3 is 0 Å². The number of hydrogen-bond donors (Lipinski definition) is 1. The zero-order valence-electron chi connectivity index (χ0n) is 10.3. The lowest BCUT2D eigenvalue weighted by Crippen LogP contribution is -2.27. The third kappa shape index (κ3) is 3.17. The molecule has 1 N–H and O–H groups in total. The maximum atomic E-state index is 8.97. The third-order valence-corrected chi connectivity index (χ3v) is 2.87. The van der Waals surface area contributed by atoms with Crippen LogP contribution in [0, 0.1) is 0 Å². The van der Waals surface area contributed by atoms with Gasteiger partial charge in [-0.3, -0.25) is 0 Å². The maximum absolute atomic E-state index is 8.97. The van der Waals surface area contributed by atoms with Gasteiger partial charge in [-0.05, 0) is 19.3 Å². The lowest BCUT2D eigenvalue weighted by atomic mass is 10.1. The van der Waals surface area contributed by atoms with E-state index in [1.165, 1.54) is 0 Å². The first-order valence-corrected chi connectivity index (χ1v) is 5.90. The molecule has 0 spiro atoms. The highest BCUT2D eigenvalue weighted by atomic mass is 16.3. The average Bonchev–Trinajstić information content (AvgIpc) is 2.35. The van der Waals surface area contributed by atoms with E-state index in [2.05, 4.69) is 30.7 Å². The normalized spacial score (nSPS) is 12.5. The van der Waals surface area contributed by atoms with Crippen molar-refractivity contribution in [3.05, 3.63) is 18.1 Å². The predicted octanol–water partition coefficient (Wildman–Crippen LogP) is 1.81. The smallest absolute Gasteiger partial charge is 0.132 e. The fourth-order valence-electron chi connectivity index (χ4n) is 1.57. The van der Waals surface area contributed by atoms with E-state index in [4.69, 9.17) is 5.11 Å². The monoisotopic (exact) mass is 223 g/mol. The van der Waals surface area contributed by atoms with Gasteiger partial charge in [0.15, 0.2) is 0 Å². The number of aromatic nitrogens is 2. The Bertz CT molecular complexity index is 317. The molecule has 0 amide bonds. The van der Waals surface area contributed by atoms with Gasteiger partial charge in [-0.25, -0.2) is 9.97 Å². The highest BCUT2D eigenvalue weighted by Gasteiger charge is 2.09. The number of aliphatic hydroxyl groups excluding tert-OH is 1. The van der Waals surface area contributed by atoms with Crippen molar-refractivity contribution in [2.24, 2.45) is 0 Å².